The molecule has 196 valence electrons. The summed E-state index contributed by atoms with van der Waals surface area (Å²) in [6, 6.07) is 13.0. The normalized spacial score (nSPS) is 15.3. The number of carboxylic acid groups (broad SMARTS) is 1. The van der Waals surface area contributed by atoms with Gasteiger partial charge in [0.05, 0.1) is 27.1 Å². The SMILES string of the molecule is O=C(Nc1c(CNC(=O)c2ccc(Cl)s2)cccc1C(=O)O)c1ccc(N2CCOCC2=O)c(C2CC2)c1. The maximum absolute atomic E-state index is 13.3. The predicted molar refractivity (Wildman–Crippen MR) is 143 cm³/mol. The lowest BCUT2D eigenvalue weighted by atomic mass is 10.0. The van der Waals surface area contributed by atoms with Gasteiger partial charge in [0.2, 0.25) is 0 Å². The molecule has 3 aromatic rings. The molecule has 2 aliphatic rings. The molecule has 0 radical (unpaired) electrons. The van der Waals surface area contributed by atoms with Crippen LogP contribution in [0.25, 0.3) is 0 Å². The van der Waals surface area contributed by atoms with E-state index in [0.717, 1.165) is 35.4 Å². The van der Waals surface area contributed by atoms with Crippen molar-refractivity contribution in [2.45, 2.75) is 25.3 Å². The van der Waals surface area contributed by atoms with E-state index in [-0.39, 0.29) is 42.1 Å². The van der Waals surface area contributed by atoms with E-state index < -0.39 is 11.9 Å². The number of aromatic carboxylic acids is 1. The number of carboxylic acids is 1. The molecule has 1 saturated heterocycles. The Morgan fingerprint density at radius 2 is 1.92 bits per heavy atom. The molecule has 1 aliphatic carbocycles. The first-order chi connectivity index (χ1) is 18.3. The topological polar surface area (TPSA) is 125 Å². The van der Waals surface area contributed by atoms with Crippen LogP contribution < -0.4 is 15.5 Å². The Labute approximate surface area is 227 Å². The molecule has 3 N–H and O–H groups in total. The highest BCUT2D eigenvalue weighted by Gasteiger charge is 2.31. The van der Waals surface area contributed by atoms with Crippen LogP contribution in [0, 0.1) is 0 Å². The summed E-state index contributed by atoms with van der Waals surface area (Å²) in [6.07, 6.45) is 1.94. The first-order valence-corrected chi connectivity index (χ1v) is 13.2. The lowest BCUT2D eigenvalue weighted by Gasteiger charge is -2.29. The van der Waals surface area contributed by atoms with Gasteiger partial charge in [-0.3, -0.25) is 14.4 Å². The largest absolute Gasteiger partial charge is 0.478 e. The van der Waals surface area contributed by atoms with E-state index in [4.69, 9.17) is 16.3 Å². The molecule has 9 nitrogen and oxygen atoms in total. The van der Waals surface area contributed by atoms with Crippen LogP contribution in [0.2, 0.25) is 4.34 Å². The van der Waals surface area contributed by atoms with Gasteiger partial charge in [0, 0.05) is 24.3 Å². The summed E-state index contributed by atoms with van der Waals surface area (Å²) in [5, 5.41) is 15.3. The number of ether oxygens (including phenoxy) is 1. The van der Waals surface area contributed by atoms with Crippen molar-refractivity contribution >= 4 is 58.0 Å². The van der Waals surface area contributed by atoms with Gasteiger partial charge >= 0.3 is 5.97 Å². The van der Waals surface area contributed by atoms with Gasteiger partial charge in [-0.05, 0) is 66.3 Å². The van der Waals surface area contributed by atoms with Crippen LogP contribution in [0.5, 0.6) is 0 Å². The van der Waals surface area contributed by atoms with Gasteiger partial charge in [0.25, 0.3) is 17.7 Å². The molecule has 11 heteroatoms. The molecule has 0 atom stereocenters. The Bertz CT molecular complexity index is 1430. The quantitative estimate of drug-likeness (QED) is 0.376. The molecule has 1 aliphatic heterocycles. The fraction of sp³-hybridized carbons (Fsp3) is 0.259. The van der Waals surface area contributed by atoms with E-state index in [1.54, 1.807) is 47.4 Å². The number of carbonyl (C=O) groups excluding carboxylic acids is 3. The molecule has 2 aromatic carbocycles. The van der Waals surface area contributed by atoms with Crippen LogP contribution in [-0.2, 0) is 16.1 Å². The number of nitrogens with zero attached hydrogens (tertiary/aromatic N) is 1. The molecule has 0 spiro atoms. The highest BCUT2D eigenvalue weighted by molar-refractivity contribution is 7.18. The fourth-order valence-electron chi connectivity index (χ4n) is 4.39. The number of benzene rings is 2. The Balaban J connectivity index is 1.40. The lowest BCUT2D eigenvalue weighted by Crippen LogP contribution is -2.42. The first kappa shape index (κ1) is 25.9. The average Bonchev–Trinajstić information content (AvgIpc) is 3.67. The van der Waals surface area contributed by atoms with Crippen LogP contribution >= 0.6 is 22.9 Å². The van der Waals surface area contributed by atoms with Crippen molar-refractivity contribution in [3.05, 3.63) is 80.0 Å². The standard InChI is InChI=1S/C27H24ClN3O6S/c28-22-9-8-21(38-22)26(34)29-13-17-2-1-3-18(27(35)36)24(17)30-25(33)16-6-7-20(19(12-16)15-4-5-15)31-10-11-37-14-23(31)32/h1-3,6-9,12,15H,4-5,10-11,13-14H2,(H,29,34)(H,30,33)(H,35,36). The van der Waals surface area contributed by atoms with Crippen molar-refractivity contribution in [1.82, 2.24) is 5.32 Å². The van der Waals surface area contributed by atoms with E-state index in [1.807, 2.05) is 0 Å². The van der Waals surface area contributed by atoms with E-state index in [0.29, 0.717) is 33.5 Å². The maximum atomic E-state index is 13.3. The molecular formula is C27H24ClN3O6S. The van der Waals surface area contributed by atoms with Gasteiger partial charge in [-0.25, -0.2) is 4.79 Å². The Morgan fingerprint density at radius 1 is 1.11 bits per heavy atom. The van der Waals surface area contributed by atoms with E-state index in [9.17, 15) is 24.3 Å². The monoisotopic (exact) mass is 553 g/mol. The van der Waals surface area contributed by atoms with Gasteiger partial charge in [0.1, 0.15) is 6.61 Å². The Kier molecular flexibility index (Phi) is 7.46. The smallest absolute Gasteiger partial charge is 0.337 e. The average molecular weight is 554 g/mol. The van der Waals surface area contributed by atoms with Gasteiger partial charge in [-0.1, -0.05) is 23.7 Å². The summed E-state index contributed by atoms with van der Waals surface area (Å²) < 4.78 is 5.72. The Hall–Kier alpha value is -3.73. The number of halogens is 1. The van der Waals surface area contributed by atoms with Crippen molar-refractivity contribution in [3.63, 3.8) is 0 Å². The van der Waals surface area contributed by atoms with Gasteiger partial charge in [-0.15, -0.1) is 11.3 Å². The van der Waals surface area contributed by atoms with Crippen LogP contribution in [0.4, 0.5) is 11.4 Å². The summed E-state index contributed by atoms with van der Waals surface area (Å²) in [7, 11) is 0. The third kappa shape index (κ3) is 5.57. The molecule has 1 aromatic heterocycles. The van der Waals surface area contributed by atoms with Crippen molar-refractivity contribution in [2.75, 3.05) is 30.0 Å². The Morgan fingerprint density at radius 3 is 2.61 bits per heavy atom. The summed E-state index contributed by atoms with van der Waals surface area (Å²) in [6.45, 7) is 0.916. The molecule has 38 heavy (non-hydrogen) atoms. The third-order valence-corrected chi connectivity index (χ3v) is 7.67. The molecule has 3 amide bonds. The predicted octanol–water partition coefficient (Wildman–Crippen LogP) is 4.52. The highest BCUT2D eigenvalue weighted by atomic mass is 35.5. The second-order valence-corrected chi connectivity index (χ2v) is 10.7. The molecule has 2 heterocycles. The van der Waals surface area contributed by atoms with E-state index >= 15 is 0 Å². The van der Waals surface area contributed by atoms with Crippen LogP contribution in [-0.4, -0.2) is 48.6 Å². The minimum Gasteiger partial charge on any atom is -0.478 e. The number of anilines is 2. The highest BCUT2D eigenvalue weighted by Crippen LogP contribution is 2.45. The first-order valence-electron chi connectivity index (χ1n) is 12.0. The van der Waals surface area contributed by atoms with E-state index in [2.05, 4.69) is 10.6 Å². The number of amides is 3. The van der Waals surface area contributed by atoms with Crippen LogP contribution in [0.1, 0.15) is 60.3 Å². The second kappa shape index (κ2) is 10.9. The van der Waals surface area contributed by atoms with Crippen molar-refractivity contribution in [3.8, 4) is 0 Å². The molecule has 2 fully saturated rings. The molecular weight excluding hydrogens is 530 g/mol. The summed E-state index contributed by atoms with van der Waals surface area (Å²) in [4.78, 5) is 52.3. The van der Waals surface area contributed by atoms with Crippen molar-refractivity contribution < 1.29 is 29.0 Å². The summed E-state index contributed by atoms with van der Waals surface area (Å²) in [5.41, 5.74) is 2.49. The second-order valence-electron chi connectivity index (χ2n) is 9.03. The molecule has 0 unspecified atom stereocenters. The van der Waals surface area contributed by atoms with Crippen LogP contribution in [0.15, 0.2) is 48.5 Å². The molecule has 5 rings (SSSR count). The summed E-state index contributed by atoms with van der Waals surface area (Å²) >= 11 is 7.04. The molecule has 0 bridgehead atoms. The van der Waals surface area contributed by atoms with Gasteiger partial charge in [-0.2, -0.15) is 0 Å². The number of rotatable bonds is 8. The number of thiophene rings is 1. The van der Waals surface area contributed by atoms with Crippen molar-refractivity contribution in [2.24, 2.45) is 0 Å². The van der Waals surface area contributed by atoms with Gasteiger partial charge in [0.15, 0.2) is 0 Å². The van der Waals surface area contributed by atoms with Crippen molar-refractivity contribution in [1.29, 1.82) is 0 Å². The molecule has 1 saturated carbocycles. The minimum absolute atomic E-state index is 0.00348. The number of para-hydroxylation sites is 1. The fourth-order valence-corrected chi connectivity index (χ4v) is 5.35. The minimum atomic E-state index is -1.21. The number of hydrogen-bond acceptors (Lipinski definition) is 6. The zero-order chi connectivity index (χ0) is 26.8. The third-order valence-electron chi connectivity index (χ3n) is 6.44. The zero-order valence-corrected chi connectivity index (χ0v) is 21.7. The summed E-state index contributed by atoms with van der Waals surface area (Å²) in [5.74, 6) is -1.92. The van der Waals surface area contributed by atoms with E-state index in [1.165, 1.54) is 6.07 Å². The maximum Gasteiger partial charge on any atom is 0.337 e. The van der Waals surface area contributed by atoms with Crippen LogP contribution in [0.3, 0.4) is 0 Å². The number of hydrogen-bond donors (Lipinski definition) is 3. The number of nitrogens with one attached hydrogen (secondary N) is 2. The zero-order valence-electron chi connectivity index (χ0n) is 20.2. The number of morpholine rings is 1. The number of carbonyl (C=O) groups is 4. The lowest BCUT2D eigenvalue weighted by molar-refractivity contribution is -0.125. The van der Waals surface area contributed by atoms with Gasteiger partial charge < -0.3 is 25.4 Å².